The van der Waals surface area contributed by atoms with Crippen LogP contribution in [0.2, 0.25) is 0 Å². The van der Waals surface area contributed by atoms with Gasteiger partial charge in [-0.15, -0.1) is 0 Å². The first-order valence-corrected chi connectivity index (χ1v) is 7.11. The number of carbonyl (C=O) groups excluding carboxylic acids is 1. The van der Waals surface area contributed by atoms with Crippen molar-refractivity contribution in [3.63, 3.8) is 0 Å². The lowest BCUT2D eigenvalue weighted by atomic mass is 10.1. The van der Waals surface area contributed by atoms with Crippen LogP contribution < -0.4 is 16.4 Å². The summed E-state index contributed by atoms with van der Waals surface area (Å²) in [4.78, 5) is 16.2. The molecule has 3 rings (SSSR count). The van der Waals surface area contributed by atoms with Crippen LogP contribution in [0, 0.1) is 0 Å². The van der Waals surface area contributed by atoms with Gasteiger partial charge in [0.05, 0.1) is 18.8 Å². The number of ether oxygens (including phenoxy) is 1. The first-order valence-electron chi connectivity index (χ1n) is 7.11. The highest BCUT2D eigenvalue weighted by Gasteiger charge is 2.20. The molecule has 2 aliphatic rings. The minimum Gasteiger partial charge on any atom is -0.378 e. The van der Waals surface area contributed by atoms with Crippen LogP contribution >= 0.6 is 0 Å². The summed E-state index contributed by atoms with van der Waals surface area (Å²) < 4.78 is 5.41. The monoisotopic (exact) mass is 276 g/mol. The zero-order valence-corrected chi connectivity index (χ0v) is 11.4. The Morgan fingerprint density at radius 3 is 3.20 bits per heavy atom. The number of nitrogens with zero attached hydrogens (tertiary/aromatic N) is 1. The second-order valence-electron chi connectivity index (χ2n) is 5.32. The summed E-state index contributed by atoms with van der Waals surface area (Å²) in [6.07, 6.45) is 3.07. The van der Waals surface area contributed by atoms with E-state index in [9.17, 15) is 4.79 Å². The molecule has 0 spiro atoms. The molecule has 1 fully saturated rings. The van der Waals surface area contributed by atoms with E-state index in [1.165, 1.54) is 0 Å². The molecule has 6 heteroatoms. The fraction of sp³-hybridized carbons (Fsp3) is 0.571. The quantitative estimate of drug-likeness (QED) is 0.724. The van der Waals surface area contributed by atoms with Crippen molar-refractivity contribution in [3.8, 4) is 0 Å². The summed E-state index contributed by atoms with van der Waals surface area (Å²) in [7, 11) is 0. The minimum absolute atomic E-state index is 0.236. The molecular formula is C14H20N4O2. The van der Waals surface area contributed by atoms with Gasteiger partial charge in [0.2, 0.25) is 0 Å². The topological polar surface area (TPSA) is 89.3 Å². The lowest BCUT2D eigenvalue weighted by molar-refractivity contribution is 0.0806. The standard InChI is InChI=1S/C14H20N4O2/c15-13(19)11-6-9-2-1-3-12(9)18-14(11)17-7-10-8-20-5-4-16-10/h6,10,16H,1-5,7-8H2,(H2,15,19)(H,17,18). The predicted molar refractivity (Wildman–Crippen MR) is 75.9 cm³/mol. The van der Waals surface area contributed by atoms with Crippen molar-refractivity contribution in [1.82, 2.24) is 10.3 Å². The van der Waals surface area contributed by atoms with E-state index in [4.69, 9.17) is 10.5 Å². The number of morpholine rings is 1. The molecule has 1 unspecified atom stereocenters. The van der Waals surface area contributed by atoms with Gasteiger partial charge in [-0.25, -0.2) is 4.98 Å². The van der Waals surface area contributed by atoms with Gasteiger partial charge in [-0.2, -0.15) is 0 Å². The van der Waals surface area contributed by atoms with Crippen LogP contribution in [-0.4, -0.2) is 43.2 Å². The Morgan fingerprint density at radius 2 is 2.45 bits per heavy atom. The van der Waals surface area contributed by atoms with Crippen molar-refractivity contribution in [3.05, 3.63) is 22.9 Å². The van der Waals surface area contributed by atoms with E-state index in [0.717, 1.165) is 43.7 Å². The van der Waals surface area contributed by atoms with Gasteiger partial charge in [-0.05, 0) is 30.9 Å². The number of fused-ring (bicyclic) bond motifs is 1. The van der Waals surface area contributed by atoms with Crippen molar-refractivity contribution in [2.45, 2.75) is 25.3 Å². The molecule has 1 saturated heterocycles. The molecule has 1 aliphatic carbocycles. The summed E-state index contributed by atoms with van der Waals surface area (Å²) in [5, 5.41) is 6.60. The van der Waals surface area contributed by atoms with E-state index in [1.54, 1.807) is 0 Å². The molecule has 1 aromatic heterocycles. The van der Waals surface area contributed by atoms with E-state index in [0.29, 0.717) is 24.5 Å². The molecule has 6 nitrogen and oxygen atoms in total. The van der Waals surface area contributed by atoms with Gasteiger partial charge in [0, 0.05) is 24.8 Å². The Labute approximate surface area is 118 Å². The number of nitrogens with one attached hydrogen (secondary N) is 2. The minimum atomic E-state index is -0.428. The second kappa shape index (κ2) is 5.76. The maximum atomic E-state index is 11.6. The molecule has 20 heavy (non-hydrogen) atoms. The van der Waals surface area contributed by atoms with Crippen molar-refractivity contribution in [1.29, 1.82) is 0 Å². The summed E-state index contributed by atoms with van der Waals surface area (Å²) in [5.74, 6) is 0.174. The average Bonchev–Trinajstić information content (AvgIpc) is 2.92. The highest BCUT2D eigenvalue weighted by atomic mass is 16.5. The van der Waals surface area contributed by atoms with Crippen LogP contribution in [0.15, 0.2) is 6.07 Å². The number of hydrogen-bond donors (Lipinski definition) is 3. The number of pyridine rings is 1. The van der Waals surface area contributed by atoms with Crippen molar-refractivity contribution in [2.24, 2.45) is 5.73 Å². The van der Waals surface area contributed by atoms with Crippen LogP contribution in [0.25, 0.3) is 0 Å². The Morgan fingerprint density at radius 1 is 1.55 bits per heavy atom. The SMILES string of the molecule is NC(=O)c1cc2c(nc1NCC1COCCN1)CCC2. The highest BCUT2D eigenvalue weighted by molar-refractivity contribution is 5.97. The largest absolute Gasteiger partial charge is 0.378 e. The van der Waals surface area contributed by atoms with Gasteiger partial charge >= 0.3 is 0 Å². The van der Waals surface area contributed by atoms with E-state index >= 15 is 0 Å². The normalized spacial score (nSPS) is 21.5. The van der Waals surface area contributed by atoms with Crippen molar-refractivity contribution >= 4 is 11.7 Å². The lowest BCUT2D eigenvalue weighted by Crippen LogP contribution is -2.45. The molecule has 1 atom stereocenters. The maximum absolute atomic E-state index is 11.6. The zero-order chi connectivity index (χ0) is 13.9. The number of rotatable bonds is 4. The molecule has 1 aromatic rings. The number of nitrogens with two attached hydrogens (primary N) is 1. The van der Waals surface area contributed by atoms with Crippen molar-refractivity contribution in [2.75, 3.05) is 31.6 Å². The molecule has 1 aliphatic heterocycles. The molecule has 108 valence electrons. The van der Waals surface area contributed by atoms with Gasteiger partial charge in [-0.1, -0.05) is 0 Å². The average molecular weight is 276 g/mol. The number of amides is 1. The van der Waals surface area contributed by atoms with Crippen LogP contribution in [0.4, 0.5) is 5.82 Å². The third-order valence-electron chi connectivity index (χ3n) is 3.83. The number of hydrogen-bond acceptors (Lipinski definition) is 5. The summed E-state index contributed by atoms with van der Waals surface area (Å²) in [6, 6.07) is 2.13. The molecule has 2 heterocycles. The first-order chi connectivity index (χ1) is 9.74. The van der Waals surface area contributed by atoms with E-state index in [1.807, 2.05) is 6.07 Å². The zero-order valence-electron chi connectivity index (χ0n) is 11.4. The second-order valence-corrected chi connectivity index (χ2v) is 5.32. The Balaban J connectivity index is 1.75. The van der Waals surface area contributed by atoms with Crippen LogP contribution in [0.5, 0.6) is 0 Å². The number of carbonyl (C=O) groups is 1. The van der Waals surface area contributed by atoms with E-state index < -0.39 is 5.91 Å². The molecule has 0 bridgehead atoms. The molecule has 1 amide bonds. The summed E-state index contributed by atoms with van der Waals surface area (Å²) in [5.41, 5.74) is 8.19. The Hall–Kier alpha value is -1.66. The maximum Gasteiger partial charge on any atom is 0.252 e. The van der Waals surface area contributed by atoms with Gasteiger partial charge in [0.1, 0.15) is 5.82 Å². The van der Waals surface area contributed by atoms with E-state index in [2.05, 4.69) is 15.6 Å². The van der Waals surface area contributed by atoms with Gasteiger partial charge in [-0.3, -0.25) is 4.79 Å². The van der Waals surface area contributed by atoms with Crippen LogP contribution in [-0.2, 0) is 17.6 Å². The van der Waals surface area contributed by atoms with Crippen LogP contribution in [0.3, 0.4) is 0 Å². The Bertz CT molecular complexity index is 512. The number of primary amides is 1. The first kappa shape index (κ1) is 13.3. The van der Waals surface area contributed by atoms with Gasteiger partial charge in [0.25, 0.3) is 5.91 Å². The molecule has 0 aromatic carbocycles. The molecule has 4 N–H and O–H groups in total. The molecular weight excluding hydrogens is 256 g/mol. The summed E-state index contributed by atoms with van der Waals surface area (Å²) in [6.45, 7) is 2.95. The number of aryl methyl sites for hydroxylation is 2. The molecule has 0 radical (unpaired) electrons. The Kier molecular flexibility index (Phi) is 3.84. The number of aromatic nitrogens is 1. The smallest absolute Gasteiger partial charge is 0.252 e. The highest BCUT2D eigenvalue weighted by Crippen LogP contribution is 2.25. The summed E-state index contributed by atoms with van der Waals surface area (Å²) >= 11 is 0. The molecule has 0 saturated carbocycles. The fourth-order valence-electron chi connectivity index (χ4n) is 2.77. The fourth-order valence-corrected chi connectivity index (χ4v) is 2.77. The van der Waals surface area contributed by atoms with E-state index in [-0.39, 0.29) is 6.04 Å². The van der Waals surface area contributed by atoms with Gasteiger partial charge in [0.15, 0.2) is 0 Å². The van der Waals surface area contributed by atoms with Gasteiger partial charge < -0.3 is 21.1 Å². The third-order valence-corrected chi connectivity index (χ3v) is 3.83. The predicted octanol–water partition coefficient (Wildman–Crippen LogP) is 0.0695. The van der Waals surface area contributed by atoms with Crippen molar-refractivity contribution < 1.29 is 9.53 Å². The lowest BCUT2D eigenvalue weighted by Gasteiger charge is -2.24. The third kappa shape index (κ3) is 2.76. The van der Waals surface area contributed by atoms with Crippen LogP contribution in [0.1, 0.15) is 28.0 Å². The number of anilines is 1.